The fourth-order valence-electron chi connectivity index (χ4n) is 2.60. The molecule has 0 aromatic heterocycles. The molecular weight excluding hydrogens is 292 g/mol. The van der Waals surface area contributed by atoms with Crippen molar-refractivity contribution in [3.8, 4) is 0 Å². The number of nitrogens with one attached hydrogen (secondary N) is 1. The van der Waals surface area contributed by atoms with Gasteiger partial charge in [-0.3, -0.25) is 4.90 Å². The maximum atomic E-state index is 12.5. The summed E-state index contributed by atoms with van der Waals surface area (Å²) in [5.74, 6) is -0.411. The predicted octanol–water partition coefficient (Wildman–Crippen LogP) is 3.51. The van der Waals surface area contributed by atoms with Crippen LogP contribution in [0.1, 0.15) is 39.3 Å². The summed E-state index contributed by atoms with van der Waals surface area (Å²) in [5, 5.41) is 2.75. The van der Waals surface area contributed by atoms with Crippen LogP contribution >= 0.6 is 0 Å². The molecule has 0 fully saturated rings. The molecule has 1 aliphatic rings. The van der Waals surface area contributed by atoms with Crippen LogP contribution in [-0.4, -0.2) is 23.5 Å². The van der Waals surface area contributed by atoms with Gasteiger partial charge in [-0.05, 0) is 33.3 Å². The van der Waals surface area contributed by atoms with Gasteiger partial charge in [-0.15, -0.1) is 0 Å². The average Bonchev–Trinajstić information content (AvgIpc) is 2.50. The van der Waals surface area contributed by atoms with Crippen LogP contribution < -0.4 is 5.32 Å². The fourth-order valence-corrected chi connectivity index (χ4v) is 2.60. The van der Waals surface area contributed by atoms with Crippen LogP contribution in [0.4, 0.5) is 4.79 Å². The lowest BCUT2D eigenvalue weighted by Gasteiger charge is -2.36. The number of allylic oxidation sites excluding steroid dienone is 2. The highest BCUT2D eigenvalue weighted by Gasteiger charge is 2.37. The van der Waals surface area contributed by atoms with Crippen molar-refractivity contribution in [2.24, 2.45) is 0 Å². The van der Waals surface area contributed by atoms with Crippen molar-refractivity contribution in [2.45, 2.75) is 33.7 Å². The molecule has 1 unspecified atom stereocenters. The van der Waals surface area contributed by atoms with E-state index in [0.717, 1.165) is 11.1 Å². The molecule has 0 saturated heterocycles. The molecule has 1 atom stereocenters. The van der Waals surface area contributed by atoms with E-state index in [2.05, 4.69) is 5.32 Å². The number of ether oxygens (including phenoxy) is 1. The van der Waals surface area contributed by atoms with Gasteiger partial charge in [-0.2, -0.15) is 0 Å². The lowest BCUT2D eigenvalue weighted by Crippen LogP contribution is -2.46. The normalized spacial score (nSPS) is 17.7. The van der Waals surface area contributed by atoms with Gasteiger partial charge >= 0.3 is 12.0 Å². The Morgan fingerprint density at radius 2 is 1.96 bits per heavy atom. The van der Waals surface area contributed by atoms with Crippen LogP contribution in [0.25, 0.3) is 0 Å². The number of esters is 1. The summed E-state index contributed by atoms with van der Waals surface area (Å²) in [6.45, 7) is 7.59. The lowest BCUT2D eigenvalue weighted by molar-refractivity contribution is -0.139. The van der Waals surface area contributed by atoms with Gasteiger partial charge in [0.1, 0.15) is 0 Å². The Balaban J connectivity index is 2.60. The van der Waals surface area contributed by atoms with Gasteiger partial charge in [0.05, 0.1) is 18.2 Å². The van der Waals surface area contributed by atoms with Crippen LogP contribution in [0.5, 0.6) is 0 Å². The average molecular weight is 314 g/mol. The molecule has 122 valence electrons. The van der Waals surface area contributed by atoms with Gasteiger partial charge in [0, 0.05) is 11.9 Å². The predicted molar refractivity (Wildman–Crippen MR) is 88.3 cm³/mol. The summed E-state index contributed by atoms with van der Waals surface area (Å²) < 4.78 is 5.20. The maximum absolute atomic E-state index is 12.5. The number of amides is 2. The number of rotatable bonds is 4. The van der Waals surface area contributed by atoms with Crippen LogP contribution in [0.2, 0.25) is 0 Å². The summed E-state index contributed by atoms with van der Waals surface area (Å²) >= 11 is 0. The lowest BCUT2D eigenvalue weighted by atomic mass is 9.94. The van der Waals surface area contributed by atoms with E-state index in [1.807, 2.05) is 44.2 Å². The molecule has 2 rings (SSSR count). The Hall–Kier alpha value is -2.56. The standard InChI is InChI=1S/C18H22N2O3/c1-5-23-17(21)15-13(4)19-18(22)20(11-12(2)3)16(15)14-9-7-6-8-10-14/h6-11,16H,5H2,1-4H3,(H,19,22). The SMILES string of the molecule is CCOC(=O)C1=C(C)NC(=O)N(C=C(C)C)C1c1ccccc1. The molecule has 23 heavy (non-hydrogen) atoms. The van der Waals surface area contributed by atoms with E-state index < -0.39 is 12.0 Å². The monoisotopic (exact) mass is 314 g/mol. The zero-order valence-electron chi connectivity index (χ0n) is 13.9. The van der Waals surface area contributed by atoms with Crippen molar-refractivity contribution in [3.05, 3.63) is 58.9 Å². The van der Waals surface area contributed by atoms with E-state index >= 15 is 0 Å². The number of benzene rings is 1. The first-order valence-corrected chi connectivity index (χ1v) is 7.62. The molecule has 1 N–H and O–H groups in total. The number of carbonyl (C=O) groups is 2. The van der Waals surface area contributed by atoms with E-state index in [9.17, 15) is 9.59 Å². The number of nitrogens with zero attached hydrogens (tertiary/aromatic N) is 1. The van der Waals surface area contributed by atoms with Gasteiger partial charge in [0.2, 0.25) is 0 Å². The van der Waals surface area contributed by atoms with Crippen LogP contribution in [0.15, 0.2) is 53.4 Å². The molecule has 0 aliphatic carbocycles. The van der Waals surface area contributed by atoms with E-state index in [-0.39, 0.29) is 12.6 Å². The third kappa shape index (κ3) is 3.62. The van der Waals surface area contributed by atoms with Crippen LogP contribution in [0, 0.1) is 0 Å². The molecule has 2 amide bonds. The van der Waals surface area contributed by atoms with E-state index in [1.54, 1.807) is 24.9 Å². The minimum Gasteiger partial charge on any atom is -0.463 e. The largest absolute Gasteiger partial charge is 0.463 e. The molecule has 5 heteroatoms. The number of carbonyl (C=O) groups excluding carboxylic acids is 2. The summed E-state index contributed by atoms with van der Waals surface area (Å²) in [5.41, 5.74) is 2.81. The summed E-state index contributed by atoms with van der Waals surface area (Å²) in [6.07, 6.45) is 1.75. The van der Waals surface area contributed by atoms with Gasteiger partial charge in [0.15, 0.2) is 0 Å². The molecule has 0 saturated carbocycles. The highest BCUT2D eigenvalue weighted by molar-refractivity contribution is 5.95. The molecular formula is C18H22N2O3. The van der Waals surface area contributed by atoms with Crippen LogP contribution in [-0.2, 0) is 9.53 Å². The first kappa shape index (κ1) is 16.8. The zero-order valence-corrected chi connectivity index (χ0v) is 13.9. The topological polar surface area (TPSA) is 58.6 Å². The molecule has 5 nitrogen and oxygen atoms in total. The Bertz CT molecular complexity index is 658. The molecule has 0 radical (unpaired) electrons. The Labute approximate surface area is 136 Å². The third-order valence-corrected chi connectivity index (χ3v) is 3.49. The van der Waals surface area contributed by atoms with Crippen molar-refractivity contribution in [1.29, 1.82) is 0 Å². The second-order valence-corrected chi connectivity index (χ2v) is 5.62. The number of hydrogen-bond acceptors (Lipinski definition) is 3. The van der Waals surface area contributed by atoms with Crippen LogP contribution in [0.3, 0.4) is 0 Å². The van der Waals surface area contributed by atoms with Crippen molar-refractivity contribution in [3.63, 3.8) is 0 Å². The minimum absolute atomic E-state index is 0.259. The maximum Gasteiger partial charge on any atom is 0.338 e. The summed E-state index contributed by atoms with van der Waals surface area (Å²) in [6, 6.07) is 8.73. The van der Waals surface area contributed by atoms with E-state index in [4.69, 9.17) is 4.74 Å². The zero-order chi connectivity index (χ0) is 17.0. The minimum atomic E-state index is -0.501. The molecule has 1 heterocycles. The van der Waals surface area contributed by atoms with Gasteiger partial charge < -0.3 is 10.1 Å². The molecule has 1 aliphatic heterocycles. The highest BCUT2D eigenvalue weighted by Crippen LogP contribution is 2.34. The Kier molecular flexibility index (Phi) is 5.21. The van der Waals surface area contributed by atoms with E-state index in [1.165, 1.54) is 0 Å². The quantitative estimate of drug-likeness (QED) is 0.865. The van der Waals surface area contributed by atoms with Gasteiger partial charge in [0.25, 0.3) is 0 Å². The summed E-state index contributed by atoms with van der Waals surface area (Å²) in [4.78, 5) is 26.4. The summed E-state index contributed by atoms with van der Waals surface area (Å²) in [7, 11) is 0. The third-order valence-electron chi connectivity index (χ3n) is 3.49. The second kappa shape index (κ2) is 7.13. The van der Waals surface area contributed by atoms with Gasteiger partial charge in [-0.25, -0.2) is 9.59 Å². The Morgan fingerprint density at radius 3 is 2.52 bits per heavy atom. The Morgan fingerprint density at radius 1 is 1.30 bits per heavy atom. The first-order valence-electron chi connectivity index (χ1n) is 7.62. The van der Waals surface area contributed by atoms with E-state index in [0.29, 0.717) is 11.3 Å². The smallest absolute Gasteiger partial charge is 0.338 e. The number of urea groups is 1. The fraction of sp³-hybridized carbons (Fsp3) is 0.333. The second-order valence-electron chi connectivity index (χ2n) is 5.62. The molecule has 1 aromatic carbocycles. The van der Waals surface area contributed by atoms with Crippen molar-refractivity contribution >= 4 is 12.0 Å². The highest BCUT2D eigenvalue weighted by atomic mass is 16.5. The first-order chi connectivity index (χ1) is 11.0. The molecule has 0 spiro atoms. The van der Waals surface area contributed by atoms with Crippen molar-refractivity contribution in [2.75, 3.05) is 6.61 Å². The van der Waals surface area contributed by atoms with Gasteiger partial charge in [-0.1, -0.05) is 35.9 Å². The number of hydrogen-bond donors (Lipinski definition) is 1. The molecule has 0 bridgehead atoms. The van der Waals surface area contributed by atoms with Crippen molar-refractivity contribution in [1.82, 2.24) is 10.2 Å². The molecule has 1 aromatic rings. The van der Waals surface area contributed by atoms with Crippen molar-refractivity contribution < 1.29 is 14.3 Å².